The number of imidazole rings is 1. The Labute approximate surface area is 78.7 Å². The largest absolute Gasteiger partial charge is 0.351 e. The van der Waals surface area contributed by atoms with Crippen molar-refractivity contribution in [2.75, 3.05) is 0 Å². The van der Waals surface area contributed by atoms with Crippen LogP contribution in [0.15, 0.2) is 43.0 Å². The van der Waals surface area contributed by atoms with E-state index in [4.69, 9.17) is 0 Å². The van der Waals surface area contributed by atoms with Gasteiger partial charge >= 0.3 is 0 Å². The molecular weight excluding hydrogens is 160 g/mol. The van der Waals surface area contributed by atoms with Gasteiger partial charge < -0.3 is 4.98 Å². The molecule has 2 nitrogen and oxygen atoms in total. The van der Waals surface area contributed by atoms with Crippen LogP contribution in [-0.2, 0) is 0 Å². The molecule has 0 spiro atoms. The third-order valence-corrected chi connectivity index (χ3v) is 1.58. The zero-order chi connectivity index (χ0) is 9.52. The fourth-order valence-corrected chi connectivity index (χ4v) is 1.02. The van der Waals surface area contributed by atoms with E-state index in [2.05, 4.69) is 48.1 Å². The van der Waals surface area contributed by atoms with E-state index in [0.717, 1.165) is 0 Å². The first-order valence-corrected chi connectivity index (χ1v) is 4.25. The lowest BCUT2D eigenvalue weighted by Gasteiger charge is -1.90. The van der Waals surface area contributed by atoms with Crippen molar-refractivity contribution in [3.8, 4) is 0 Å². The highest BCUT2D eigenvalue weighted by atomic mass is 14.8. The maximum Gasteiger partial charge on any atom is 0.0919 e. The van der Waals surface area contributed by atoms with Crippen molar-refractivity contribution in [3.63, 3.8) is 0 Å². The van der Waals surface area contributed by atoms with E-state index in [1.54, 1.807) is 18.7 Å². The van der Waals surface area contributed by atoms with Crippen LogP contribution in [0.25, 0.3) is 0 Å². The monoisotopic (exact) mass is 174 g/mol. The molecule has 2 heteroatoms. The summed E-state index contributed by atoms with van der Waals surface area (Å²) >= 11 is 0. The van der Waals surface area contributed by atoms with Crippen molar-refractivity contribution >= 4 is 0 Å². The molecule has 68 valence electrons. The summed E-state index contributed by atoms with van der Waals surface area (Å²) in [6, 6.07) is 8.45. The summed E-state index contributed by atoms with van der Waals surface area (Å²) in [7, 11) is 0. The highest BCUT2D eigenvalue weighted by Gasteiger charge is 1.80. The van der Waals surface area contributed by atoms with E-state index in [1.165, 1.54) is 11.1 Å². The van der Waals surface area contributed by atoms with Crippen LogP contribution >= 0.6 is 0 Å². The maximum atomic E-state index is 3.67. The van der Waals surface area contributed by atoms with Crippen molar-refractivity contribution in [2.24, 2.45) is 0 Å². The summed E-state index contributed by atoms with van der Waals surface area (Å²) in [5.41, 5.74) is 2.68. The summed E-state index contributed by atoms with van der Waals surface area (Å²) in [4.78, 5) is 6.42. The van der Waals surface area contributed by atoms with Crippen molar-refractivity contribution < 1.29 is 0 Å². The van der Waals surface area contributed by atoms with Gasteiger partial charge in [0.2, 0.25) is 0 Å². The van der Waals surface area contributed by atoms with Crippen LogP contribution in [0.4, 0.5) is 0 Å². The summed E-state index contributed by atoms with van der Waals surface area (Å²) < 4.78 is 0. The molecule has 0 amide bonds. The lowest BCUT2D eigenvalue weighted by molar-refractivity contribution is 1.31. The highest BCUT2D eigenvalue weighted by Crippen LogP contribution is 2.00. The first kappa shape index (κ1) is 9.52. The fourth-order valence-electron chi connectivity index (χ4n) is 1.02. The van der Waals surface area contributed by atoms with Gasteiger partial charge in [-0.3, -0.25) is 0 Å². The molecule has 0 bridgehead atoms. The summed E-state index contributed by atoms with van der Waals surface area (Å²) in [6.45, 7) is 4.21. The van der Waals surface area contributed by atoms with Gasteiger partial charge in [0.05, 0.1) is 6.33 Å². The molecule has 0 saturated heterocycles. The van der Waals surface area contributed by atoms with Crippen LogP contribution in [0.5, 0.6) is 0 Å². The fraction of sp³-hybridized carbons (Fsp3) is 0.182. The number of aromatic amines is 1. The third-order valence-electron chi connectivity index (χ3n) is 1.58. The molecule has 1 aromatic carbocycles. The smallest absolute Gasteiger partial charge is 0.0919 e. The molecule has 0 saturated carbocycles. The van der Waals surface area contributed by atoms with Gasteiger partial charge in [0, 0.05) is 12.4 Å². The van der Waals surface area contributed by atoms with Crippen LogP contribution in [0.1, 0.15) is 11.1 Å². The molecule has 2 rings (SSSR count). The quantitative estimate of drug-likeness (QED) is 0.653. The lowest BCUT2D eigenvalue weighted by Crippen LogP contribution is -1.71. The Morgan fingerprint density at radius 1 is 1.15 bits per heavy atom. The van der Waals surface area contributed by atoms with E-state index in [-0.39, 0.29) is 0 Å². The van der Waals surface area contributed by atoms with Crippen LogP contribution < -0.4 is 0 Å². The second kappa shape index (κ2) is 5.14. The van der Waals surface area contributed by atoms with Crippen molar-refractivity contribution in [1.29, 1.82) is 0 Å². The number of nitrogens with one attached hydrogen (secondary N) is 1. The molecule has 0 aliphatic carbocycles. The first-order chi connectivity index (χ1) is 6.29. The van der Waals surface area contributed by atoms with E-state index >= 15 is 0 Å². The maximum absolute atomic E-state index is 3.67. The van der Waals surface area contributed by atoms with Gasteiger partial charge in [-0.05, 0) is 13.8 Å². The number of rotatable bonds is 0. The van der Waals surface area contributed by atoms with E-state index in [1.807, 2.05) is 0 Å². The Morgan fingerprint density at radius 2 is 1.85 bits per heavy atom. The third kappa shape index (κ3) is 4.11. The van der Waals surface area contributed by atoms with Crippen LogP contribution in [0, 0.1) is 13.8 Å². The average molecular weight is 174 g/mol. The Hall–Kier alpha value is -1.57. The predicted octanol–water partition coefficient (Wildman–Crippen LogP) is 2.71. The highest BCUT2D eigenvalue weighted by molar-refractivity contribution is 5.20. The summed E-state index contributed by atoms with van der Waals surface area (Å²) in [5.74, 6) is 0. The van der Waals surface area contributed by atoms with Crippen LogP contribution in [-0.4, -0.2) is 9.97 Å². The molecule has 0 aliphatic rings. The SMILES string of the molecule is Cc1cccc(C)c1.c1c[nH]cn1. The topological polar surface area (TPSA) is 28.7 Å². The molecule has 2 aromatic rings. The zero-order valence-corrected chi connectivity index (χ0v) is 7.99. The summed E-state index contributed by atoms with van der Waals surface area (Å²) in [5, 5.41) is 0. The molecule has 0 fully saturated rings. The van der Waals surface area contributed by atoms with Gasteiger partial charge in [-0.2, -0.15) is 0 Å². The number of aromatic nitrogens is 2. The molecule has 1 aromatic heterocycles. The molecule has 0 aliphatic heterocycles. The van der Waals surface area contributed by atoms with Crippen molar-refractivity contribution in [1.82, 2.24) is 9.97 Å². The van der Waals surface area contributed by atoms with Gasteiger partial charge in [0.1, 0.15) is 0 Å². The standard InChI is InChI=1S/C8H10.C3H4N2/c1-7-4-3-5-8(2)6-7;1-2-5-3-4-1/h3-6H,1-2H3;1-3H,(H,4,5). The first-order valence-electron chi connectivity index (χ1n) is 4.25. The molecule has 1 N–H and O–H groups in total. The molecule has 0 unspecified atom stereocenters. The van der Waals surface area contributed by atoms with E-state index in [0.29, 0.717) is 0 Å². The average Bonchev–Trinajstić information content (AvgIpc) is 2.59. The van der Waals surface area contributed by atoms with Gasteiger partial charge in [-0.15, -0.1) is 0 Å². The van der Waals surface area contributed by atoms with Crippen LogP contribution in [0.2, 0.25) is 0 Å². The molecule has 1 heterocycles. The van der Waals surface area contributed by atoms with Crippen LogP contribution in [0.3, 0.4) is 0 Å². The lowest BCUT2D eigenvalue weighted by atomic mass is 10.2. The Balaban J connectivity index is 0.000000145. The number of H-pyrrole nitrogens is 1. The number of aryl methyl sites for hydroxylation is 2. The normalized spacial score (nSPS) is 8.77. The molecular formula is C11H14N2. The van der Waals surface area contributed by atoms with Crippen molar-refractivity contribution in [3.05, 3.63) is 54.1 Å². The van der Waals surface area contributed by atoms with Gasteiger partial charge in [0.15, 0.2) is 0 Å². The Bertz CT molecular complexity index is 291. The van der Waals surface area contributed by atoms with Gasteiger partial charge in [-0.1, -0.05) is 35.4 Å². The number of hydrogen-bond donors (Lipinski definition) is 1. The van der Waals surface area contributed by atoms with E-state index in [9.17, 15) is 0 Å². The number of benzene rings is 1. The second-order valence-electron chi connectivity index (χ2n) is 2.92. The minimum absolute atomic E-state index is 1.34. The molecule has 0 radical (unpaired) electrons. The minimum Gasteiger partial charge on any atom is -0.351 e. The number of hydrogen-bond acceptors (Lipinski definition) is 1. The Kier molecular flexibility index (Phi) is 3.76. The van der Waals surface area contributed by atoms with E-state index < -0.39 is 0 Å². The van der Waals surface area contributed by atoms with Gasteiger partial charge in [-0.25, -0.2) is 4.98 Å². The molecule has 0 atom stereocenters. The zero-order valence-electron chi connectivity index (χ0n) is 7.99. The molecule has 13 heavy (non-hydrogen) atoms. The van der Waals surface area contributed by atoms with Crippen molar-refractivity contribution in [2.45, 2.75) is 13.8 Å². The Morgan fingerprint density at radius 3 is 2.08 bits per heavy atom. The predicted molar refractivity (Wildman–Crippen MR) is 54.5 cm³/mol. The second-order valence-corrected chi connectivity index (χ2v) is 2.92. The number of nitrogens with zero attached hydrogens (tertiary/aromatic N) is 1. The van der Waals surface area contributed by atoms with Gasteiger partial charge in [0.25, 0.3) is 0 Å². The minimum atomic E-state index is 1.34. The summed E-state index contributed by atoms with van der Waals surface area (Å²) in [6.07, 6.45) is 5.08.